The van der Waals surface area contributed by atoms with Gasteiger partial charge in [-0.3, -0.25) is 9.59 Å². The molecule has 3 heterocycles. The van der Waals surface area contributed by atoms with E-state index in [4.69, 9.17) is 24.7 Å². The van der Waals surface area contributed by atoms with Gasteiger partial charge in [-0.05, 0) is 38.5 Å². The van der Waals surface area contributed by atoms with Crippen molar-refractivity contribution in [1.29, 1.82) is 0 Å². The van der Waals surface area contributed by atoms with Crippen molar-refractivity contribution < 1.29 is 69.4 Å². The minimum atomic E-state index is -2.25. The molecule has 3 rings (SSSR count). The van der Waals surface area contributed by atoms with Gasteiger partial charge in [0.25, 0.3) is 0 Å². The number of allylic oxidation sites excluding steroid dienone is 7. The van der Waals surface area contributed by atoms with Gasteiger partial charge in [0.15, 0.2) is 12.1 Å². The second kappa shape index (κ2) is 20.8. The molecule has 10 N–H and O–H groups in total. The smallest absolute Gasteiger partial charge is 0.311 e. The second-order valence-electron chi connectivity index (χ2n) is 14.5. The van der Waals surface area contributed by atoms with Crippen LogP contribution in [0, 0.1) is 11.8 Å². The maximum absolute atomic E-state index is 12.6. The Morgan fingerprint density at radius 2 is 1.60 bits per heavy atom. The molecule has 0 spiro atoms. The van der Waals surface area contributed by atoms with E-state index in [-0.39, 0.29) is 31.3 Å². The molecule has 15 nitrogen and oxygen atoms in total. The zero-order valence-corrected chi connectivity index (χ0v) is 30.2. The Balaban J connectivity index is 1.88. The third-order valence-corrected chi connectivity index (χ3v) is 9.73. The molecule has 0 aromatic rings. The van der Waals surface area contributed by atoms with E-state index in [1.807, 2.05) is 32.1 Å². The number of esters is 1. The fraction of sp³-hybridized carbons (Fsp3) is 0.730. The van der Waals surface area contributed by atoms with Gasteiger partial charge in [-0.1, -0.05) is 62.5 Å². The standard InChI is InChI=1S/C37H59NO14/c1-21(2)28-14-12-10-8-6-4-5-7-9-11-13-24(50-36-34(45)32(38)33(44)22(3)49-36)18-29-31(35(46)47)27(42)20-37(48,52-29)19-23(39)17-26(41)25(40)15-16-30(43)51-28/h4-9,11,13,21-29,31-34,36,39-42,44-45,48H,10,12,14-20,38H2,1-3H3,(H,46,47)/t22-,23+,24-,25+,26-,27+,28-,29-,31+,32+,33-,34+,36+,37-/m1/s1. The zero-order chi connectivity index (χ0) is 38.6. The zero-order valence-electron chi connectivity index (χ0n) is 30.2. The monoisotopic (exact) mass is 741 g/mol. The lowest BCUT2D eigenvalue weighted by atomic mass is 9.82. The van der Waals surface area contributed by atoms with Crippen LogP contribution in [-0.4, -0.2) is 132 Å². The summed E-state index contributed by atoms with van der Waals surface area (Å²) in [4.78, 5) is 24.9. The van der Waals surface area contributed by atoms with Crippen molar-refractivity contribution in [2.75, 3.05) is 0 Å². The highest BCUT2D eigenvalue weighted by molar-refractivity contribution is 5.71. The first-order chi connectivity index (χ1) is 24.5. The topological polar surface area (TPSA) is 259 Å². The fourth-order valence-corrected chi connectivity index (χ4v) is 6.67. The summed E-state index contributed by atoms with van der Waals surface area (Å²) >= 11 is 0. The Morgan fingerprint density at radius 3 is 2.27 bits per heavy atom. The SMILES string of the molecule is CC(C)[C@H]1CCCC=CC=CC=CC=C[C@@H](O[C@@H]2O[C@H](C)[C@@H](O)[C@H](N)[C@@H]2O)C[C@H]2O[C@](O)(C[C@@H](O)C[C@@H](O)[C@@H](O)CCC(=O)O1)C[C@H](O)[C@@H]2C(=O)O. The molecule has 3 aliphatic heterocycles. The molecule has 2 bridgehead atoms. The summed E-state index contributed by atoms with van der Waals surface area (Å²) in [6.07, 6.45) is 0.558. The van der Waals surface area contributed by atoms with Crippen LogP contribution in [0.5, 0.6) is 0 Å². The Morgan fingerprint density at radius 1 is 0.923 bits per heavy atom. The highest BCUT2D eigenvalue weighted by atomic mass is 16.7. The van der Waals surface area contributed by atoms with Crippen molar-refractivity contribution >= 4 is 11.9 Å². The average molecular weight is 742 g/mol. The minimum Gasteiger partial charge on any atom is -0.481 e. The van der Waals surface area contributed by atoms with E-state index >= 15 is 0 Å². The molecule has 0 saturated carbocycles. The third kappa shape index (κ3) is 13.4. The normalized spacial score (nSPS) is 41.1. The van der Waals surface area contributed by atoms with Gasteiger partial charge in [-0.15, -0.1) is 0 Å². The predicted octanol–water partition coefficient (Wildman–Crippen LogP) is 0.714. The summed E-state index contributed by atoms with van der Waals surface area (Å²) < 4.78 is 23.2. The molecule has 0 aromatic carbocycles. The number of aliphatic carboxylic acids is 1. The highest BCUT2D eigenvalue weighted by Gasteiger charge is 2.51. The van der Waals surface area contributed by atoms with E-state index in [0.717, 1.165) is 12.8 Å². The molecule has 2 saturated heterocycles. The number of aliphatic hydroxyl groups is 7. The number of carbonyl (C=O) groups is 2. The Labute approximate surface area is 305 Å². The van der Waals surface area contributed by atoms with Gasteiger partial charge in [0, 0.05) is 32.1 Å². The number of aliphatic hydroxyl groups excluding tert-OH is 6. The lowest BCUT2D eigenvalue weighted by molar-refractivity contribution is -0.308. The first-order valence-corrected chi connectivity index (χ1v) is 18.1. The molecule has 14 atom stereocenters. The lowest BCUT2D eigenvalue weighted by Crippen LogP contribution is -2.61. The van der Waals surface area contributed by atoms with Crippen LogP contribution in [0.15, 0.2) is 48.6 Å². The van der Waals surface area contributed by atoms with Gasteiger partial charge in [-0.2, -0.15) is 0 Å². The molecule has 52 heavy (non-hydrogen) atoms. The summed E-state index contributed by atoms with van der Waals surface area (Å²) in [5.41, 5.74) is 5.99. The van der Waals surface area contributed by atoms with Gasteiger partial charge in [0.1, 0.15) is 18.1 Å². The number of carboxylic acid groups (broad SMARTS) is 1. The van der Waals surface area contributed by atoms with Crippen LogP contribution in [-0.2, 0) is 28.5 Å². The first-order valence-electron chi connectivity index (χ1n) is 18.1. The Hall–Kier alpha value is -2.54. The van der Waals surface area contributed by atoms with Crippen LogP contribution in [0.1, 0.15) is 78.6 Å². The van der Waals surface area contributed by atoms with Gasteiger partial charge in [-0.25, -0.2) is 0 Å². The number of nitrogens with two attached hydrogens (primary N) is 1. The van der Waals surface area contributed by atoms with Crippen LogP contribution in [0.25, 0.3) is 0 Å². The molecular weight excluding hydrogens is 682 g/mol. The van der Waals surface area contributed by atoms with Crippen molar-refractivity contribution in [2.24, 2.45) is 17.6 Å². The third-order valence-electron chi connectivity index (χ3n) is 9.73. The number of carboxylic acids is 1. The van der Waals surface area contributed by atoms with Gasteiger partial charge in [0.05, 0.1) is 54.9 Å². The molecule has 296 valence electrons. The van der Waals surface area contributed by atoms with Crippen molar-refractivity contribution in [2.45, 2.75) is 158 Å². The van der Waals surface area contributed by atoms with E-state index in [1.165, 1.54) is 0 Å². The molecule has 15 heteroatoms. The quantitative estimate of drug-likeness (QED) is 0.180. The van der Waals surface area contributed by atoms with E-state index in [9.17, 15) is 50.4 Å². The summed E-state index contributed by atoms with van der Waals surface area (Å²) in [7, 11) is 0. The maximum atomic E-state index is 12.6. The molecule has 0 amide bonds. The molecule has 0 aromatic heterocycles. The molecular formula is C37H59NO14. The molecule has 3 aliphatic rings. The number of fused-ring (bicyclic) bond motifs is 2. The van der Waals surface area contributed by atoms with Gasteiger partial charge < -0.3 is 65.5 Å². The molecule has 0 radical (unpaired) electrons. The number of cyclic esters (lactones) is 1. The van der Waals surface area contributed by atoms with E-state index in [0.29, 0.717) is 6.42 Å². The number of rotatable bonds is 4. The number of hydrogen-bond donors (Lipinski definition) is 9. The minimum absolute atomic E-state index is 0.0690. The van der Waals surface area contributed by atoms with Crippen molar-refractivity contribution in [1.82, 2.24) is 0 Å². The van der Waals surface area contributed by atoms with Crippen molar-refractivity contribution in [3.63, 3.8) is 0 Å². The van der Waals surface area contributed by atoms with Crippen LogP contribution < -0.4 is 5.73 Å². The Kier molecular flexibility index (Phi) is 17.5. The highest BCUT2D eigenvalue weighted by Crippen LogP contribution is 2.38. The van der Waals surface area contributed by atoms with Crippen LogP contribution in [0.3, 0.4) is 0 Å². The fourth-order valence-electron chi connectivity index (χ4n) is 6.67. The van der Waals surface area contributed by atoms with Crippen molar-refractivity contribution in [3.05, 3.63) is 48.6 Å². The summed E-state index contributed by atoms with van der Waals surface area (Å²) in [5, 5.41) is 85.4. The van der Waals surface area contributed by atoms with E-state index < -0.39 is 110 Å². The number of ether oxygens (including phenoxy) is 4. The lowest BCUT2D eigenvalue weighted by Gasteiger charge is -2.45. The summed E-state index contributed by atoms with van der Waals surface area (Å²) in [6, 6.07) is -1.11. The summed E-state index contributed by atoms with van der Waals surface area (Å²) in [5.74, 6) is -5.65. The second-order valence-corrected chi connectivity index (χ2v) is 14.5. The van der Waals surface area contributed by atoms with Crippen molar-refractivity contribution in [3.8, 4) is 0 Å². The molecule has 2 fully saturated rings. The van der Waals surface area contributed by atoms with Crippen LogP contribution >= 0.6 is 0 Å². The summed E-state index contributed by atoms with van der Waals surface area (Å²) in [6.45, 7) is 5.45. The number of carbonyl (C=O) groups excluding carboxylic acids is 1. The first kappa shape index (κ1) is 43.9. The van der Waals surface area contributed by atoms with Crippen LogP contribution in [0.4, 0.5) is 0 Å². The molecule has 0 aliphatic carbocycles. The number of hydrogen-bond acceptors (Lipinski definition) is 14. The largest absolute Gasteiger partial charge is 0.481 e. The van der Waals surface area contributed by atoms with Gasteiger partial charge >= 0.3 is 11.9 Å². The van der Waals surface area contributed by atoms with Gasteiger partial charge in [0.2, 0.25) is 0 Å². The van der Waals surface area contributed by atoms with E-state index in [2.05, 4.69) is 0 Å². The predicted molar refractivity (Wildman–Crippen MR) is 187 cm³/mol. The maximum Gasteiger partial charge on any atom is 0.311 e. The molecule has 0 unspecified atom stereocenters. The van der Waals surface area contributed by atoms with Crippen LogP contribution in [0.2, 0.25) is 0 Å². The van der Waals surface area contributed by atoms with E-state index in [1.54, 1.807) is 37.3 Å². The Bertz CT molecular complexity index is 1240. The average Bonchev–Trinajstić information content (AvgIpc) is 3.05.